The Kier molecular flexibility index (Phi) is 4.94. The average Bonchev–Trinajstić information content (AvgIpc) is 3.24. The van der Waals surface area contributed by atoms with E-state index in [1.165, 1.54) is 6.26 Å². The molecule has 7 heteroatoms. The molecule has 3 rings (SSSR count). The largest absolute Gasteiger partial charge is 0.482 e. The summed E-state index contributed by atoms with van der Waals surface area (Å²) in [6.45, 7) is 1.84. The van der Waals surface area contributed by atoms with E-state index >= 15 is 0 Å². The maximum atomic E-state index is 11.9. The van der Waals surface area contributed by atoms with Gasteiger partial charge < -0.3 is 18.6 Å². The Morgan fingerprint density at radius 2 is 2.16 bits per heavy atom. The number of ether oxygens (including phenoxy) is 3. The summed E-state index contributed by atoms with van der Waals surface area (Å²) in [5.41, 5.74) is 0.826. The molecule has 0 radical (unpaired) electrons. The third-order valence-electron chi connectivity index (χ3n) is 3.18. The lowest BCUT2D eigenvalue weighted by Gasteiger charge is -2.06. The van der Waals surface area contributed by atoms with Crippen molar-refractivity contribution in [2.24, 2.45) is 4.99 Å². The number of hydrogen-bond acceptors (Lipinski definition) is 7. The van der Waals surface area contributed by atoms with Gasteiger partial charge in [0.05, 0.1) is 12.9 Å². The second kappa shape index (κ2) is 7.48. The van der Waals surface area contributed by atoms with Crippen LogP contribution in [-0.2, 0) is 19.1 Å². The lowest BCUT2D eigenvalue weighted by atomic mass is 10.2. The Balaban J connectivity index is 1.74. The fourth-order valence-electron chi connectivity index (χ4n) is 2.11. The Bertz CT molecular complexity index is 835. The van der Waals surface area contributed by atoms with Crippen molar-refractivity contribution in [2.75, 3.05) is 13.2 Å². The van der Waals surface area contributed by atoms with Crippen molar-refractivity contribution in [1.29, 1.82) is 0 Å². The Labute approximate surface area is 143 Å². The Morgan fingerprint density at radius 3 is 2.92 bits per heavy atom. The average molecular weight is 341 g/mol. The summed E-state index contributed by atoms with van der Waals surface area (Å²) in [4.78, 5) is 27.4. The zero-order valence-corrected chi connectivity index (χ0v) is 13.4. The fraction of sp³-hybridized carbons (Fsp3) is 0.167. The maximum Gasteiger partial charge on any atom is 0.363 e. The van der Waals surface area contributed by atoms with Gasteiger partial charge in [-0.1, -0.05) is 12.1 Å². The van der Waals surface area contributed by atoms with Crippen LogP contribution in [0.15, 0.2) is 57.8 Å². The summed E-state index contributed by atoms with van der Waals surface area (Å²) in [6.07, 6.45) is 3.03. The highest BCUT2D eigenvalue weighted by Gasteiger charge is 2.25. The third kappa shape index (κ3) is 4.14. The second-order valence-electron chi connectivity index (χ2n) is 4.98. The molecule has 2 aromatic rings. The normalized spacial score (nSPS) is 15.0. The van der Waals surface area contributed by atoms with Crippen molar-refractivity contribution in [3.8, 4) is 5.75 Å². The summed E-state index contributed by atoms with van der Waals surface area (Å²) in [5, 5.41) is 0. The Hall–Kier alpha value is -3.35. The molecule has 0 bridgehead atoms. The van der Waals surface area contributed by atoms with Crippen molar-refractivity contribution in [2.45, 2.75) is 6.92 Å². The van der Waals surface area contributed by atoms with Gasteiger partial charge in [0.25, 0.3) is 5.90 Å². The molecule has 25 heavy (non-hydrogen) atoms. The van der Waals surface area contributed by atoms with Crippen LogP contribution in [0.1, 0.15) is 18.2 Å². The van der Waals surface area contributed by atoms with Gasteiger partial charge in [0, 0.05) is 0 Å². The van der Waals surface area contributed by atoms with Crippen LogP contribution >= 0.6 is 0 Å². The smallest absolute Gasteiger partial charge is 0.363 e. The van der Waals surface area contributed by atoms with Gasteiger partial charge in [-0.2, -0.15) is 0 Å². The summed E-state index contributed by atoms with van der Waals surface area (Å²) in [5.74, 6) is -0.0363. The number of hydrogen-bond donors (Lipinski definition) is 0. The van der Waals surface area contributed by atoms with Crippen LogP contribution in [0.5, 0.6) is 5.75 Å². The molecule has 128 valence electrons. The molecule has 1 aromatic carbocycles. The van der Waals surface area contributed by atoms with Gasteiger partial charge in [-0.3, -0.25) is 0 Å². The molecule has 1 aromatic heterocycles. The molecule has 2 heterocycles. The molecule has 0 aliphatic carbocycles. The van der Waals surface area contributed by atoms with E-state index in [1.54, 1.807) is 49.4 Å². The first kappa shape index (κ1) is 16.5. The molecule has 0 amide bonds. The molecular weight excluding hydrogens is 326 g/mol. The van der Waals surface area contributed by atoms with E-state index in [1.807, 2.05) is 0 Å². The SMILES string of the molecule is CCOC(=O)COc1cccc(/C=C2/N=C(c3ccco3)OC2=O)c1. The van der Waals surface area contributed by atoms with Gasteiger partial charge in [0.2, 0.25) is 0 Å². The van der Waals surface area contributed by atoms with Crippen LogP contribution in [0, 0.1) is 0 Å². The lowest BCUT2D eigenvalue weighted by molar-refractivity contribution is -0.145. The first-order valence-electron chi connectivity index (χ1n) is 7.60. The van der Waals surface area contributed by atoms with Gasteiger partial charge in [-0.05, 0) is 42.8 Å². The van der Waals surface area contributed by atoms with Gasteiger partial charge in [-0.15, -0.1) is 0 Å². The van der Waals surface area contributed by atoms with E-state index in [2.05, 4.69) is 4.99 Å². The summed E-state index contributed by atoms with van der Waals surface area (Å²) in [6, 6.07) is 10.2. The van der Waals surface area contributed by atoms with Gasteiger partial charge in [-0.25, -0.2) is 14.6 Å². The van der Waals surface area contributed by atoms with Crippen molar-refractivity contribution < 1.29 is 28.2 Å². The van der Waals surface area contributed by atoms with Crippen LogP contribution in [0.4, 0.5) is 0 Å². The standard InChI is InChI=1S/C18H15NO6/c1-2-22-16(20)11-24-13-6-3-5-12(9-13)10-14-18(21)25-17(19-14)15-7-4-8-23-15/h3-10H,2,11H2,1H3/b14-10+. The van der Waals surface area contributed by atoms with Crippen LogP contribution < -0.4 is 4.74 Å². The monoisotopic (exact) mass is 341 g/mol. The number of furan rings is 1. The number of cyclic esters (lactones) is 1. The van der Waals surface area contributed by atoms with Gasteiger partial charge in [0.1, 0.15) is 5.75 Å². The third-order valence-corrected chi connectivity index (χ3v) is 3.18. The minimum absolute atomic E-state index is 0.121. The van der Waals surface area contributed by atoms with Crippen LogP contribution in [-0.4, -0.2) is 31.1 Å². The minimum Gasteiger partial charge on any atom is -0.482 e. The molecule has 1 aliphatic rings. The van der Waals surface area contributed by atoms with E-state index in [-0.39, 0.29) is 18.2 Å². The summed E-state index contributed by atoms with van der Waals surface area (Å²) >= 11 is 0. The van der Waals surface area contributed by atoms with E-state index in [9.17, 15) is 9.59 Å². The highest BCUT2D eigenvalue weighted by atomic mass is 16.6. The zero-order valence-electron chi connectivity index (χ0n) is 13.4. The van der Waals surface area contributed by atoms with E-state index in [0.29, 0.717) is 23.7 Å². The fourth-order valence-corrected chi connectivity index (χ4v) is 2.11. The predicted octanol–water partition coefficient (Wildman–Crippen LogP) is 2.57. The number of carbonyl (C=O) groups excluding carboxylic acids is 2. The van der Waals surface area contributed by atoms with Crippen LogP contribution in [0.25, 0.3) is 6.08 Å². The molecular formula is C18H15NO6. The van der Waals surface area contributed by atoms with Crippen molar-refractivity contribution in [3.63, 3.8) is 0 Å². The number of aliphatic imine (C=N–C) groups is 1. The number of benzene rings is 1. The highest BCUT2D eigenvalue weighted by molar-refractivity contribution is 6.11. The van der Waals surface area contributed by atoms with Gasteiger partial charge >= 0.3 is 11.9 Å². The molecule has 0 unspecified atom stereocenters. The van der Waals surface area contributed by atoms with Crippen molar-refractivity contribution in [1.82, 2.24) is 0 Å². The van der Waals surface area contributed by atoms with E-state index < -0.39 is 11.9 Å². The summed E-state index contributed by atoms with van der Waals surface area (Å²) < 4.78 is 20.4. The van der Waals surface area contributed by atoms with Crippen LogP contribution in [0.3, 0.4) is 0 Å². The molecule has 0 saturated carbocycles. The minimum atomic E-state index is -0.566. The second-order valence-corrected chi connectivity index (χ2v) is 4.98. The number of carbonyl (C=O) groups is 2. The van der Waals surface area contributed by atoms with Gasteiger partial charge in [0.15, 0.2) is 18.1 Å². The topological polar surface area (TPSA) is 87.3 Å². The first-order valence-corrected chi connectivity index (χ1v) is 7.60. The number of rotatable bonds is 6. The predicted molar refractivity (Wildman–Crippen MR) is 87.9 cm³/mol. The first-order chi connectivity index (χ1) is 12.2. The molecule has 0 spiro atoms. The lowest BCUT2D eigenvalue weighted by Crippen LogP contribution is -2.14. The quantitative estimate of drug-likeness (QED) is 0.593. The summed E-state index contributed by atoms with van der Waals surface area (Å²) in [7, 11) is 0. The van der Waals surface area contributed by atoms with Crippen LogP contribution in [0.2, 0.25) is 0 Å². The molecule has 0 atom stereocenters. The molecule has 0 fully saturated rings. The number of nitrogens with zero attached hydrogens (tertiary/aromatic N) is 1. The Morgan fingerprint density at radius 1 is 1.28 bits per heavy atom. The maximum absolute atomic E-state index is 11.9. The molecule has 1 aliphatic heterocycles. The molecule has 0 saturated heterocycles. The number of esters is 2. The van der Waals surface area contributed by atoms with E-state index in [4.69, 9.17) is 18.6 Å². The zero-order chi connectivity index (χ0) is 17.6. The van der Waals surface area contributed by atoms with Crippen molar-refractivity contribution in [3.05, 3.63) is 59.7 Å². The van der Waals surface area contributed by atoms with E-state index in [0.717, 1.165) is 0 Å². The molecule has 7 nitrogen and oxygen atoms in total. The van der Waals surface area contributed by atoms with Crippen molar-refractivity contribution >= 4 is 23.9 Å². The highest BCUT2D eigenvalue weighted by Crippen LogP contribution is 2.21. The molecule has 0 N–H and O–H groups in total.